The molecule has 0 spiro atoms. The monoisotopic (exact) mass is 386 g/mol. The number of hydrogen-bond donors (Lipinski definition) is 0. The van der Waals surface area contributed by atoms with Crippen molar-refractivity contribution in [2.24, 2.45) is 16.2 Å². The molecule has 0 rings (SSSR count). The van der Waals surface area contributed by atoms with Crippen LogP contribution in [-0.4, -0.2) is 0 Å². The highest BCUT2D eigenvalue weighted by molar-refractivity contribution is 5.50. The van der Waals surface area contributed by atoms with E-state index in [2.05, 4.69) is 101 Å². The second kappa shape index (κ2) is 13.6. The lowest BCUT2D eigenvalue weighted by atomic mass is 9.66. The Bertz CT molecular complexity index is 548. The third-order valence-corrected chi connectivity index (χ3v) is 4.67. The highest BCUT2D eigenvalue weighted by Gasteiger charge is 2.33. The molecule has 0 aromatic carbocycles. The van der Waals surface area contributed by atoms with Gasteiger partial charge in [-0.25, -0.2) is 0 Å². The summed E-state index contributed by atoms with van der Waals surface area (Å²) in [7, 11) is 0. The van der Waals surface area contributed by atoms with E-state index >= 15 is 0 Å². The second-order valence-electron chi connectivity index (χ2n) is 9.22. The van der Waals surface area contributed by atoms with Gasteiger partial charge in [-0.2, -0.15) is 0 Å². The molecule has 0 nitrogen and oxygen atoms in total. The highest BCUT2D eigenvalue weighted by Crippen LogP contribution is 2.46. The number of rotatable bonds is 7. The number of allylic oxidation sites excluding steroid dienone is 7. The van der Waals surface area contributed by atoms with Gasteiger partial charge in [0.15, 0.2) is 0 Å². The van der Waals surface area contributed by atoms with Crippen molar-refractivity contribution in [3.05, 3.63) is 73.4 Å². The molecule has 0 N–H and O–H groups in total. The molecular formula is C28H50. The summed E-state index contributed by atoms with van der Waals surface area (Å²) in [5.41, 5.74) is 5.65. The van der Waals surface area contributed by atoms with Gasteiger partial charge >= 0.3 is 0 Å². The van der Waals surface area contributed by atoms with E-state index in [1.807, 2.05) is 26.0 Å². The molecule has 0 bridgehead atoms. The van der Waals surface area contributed by atoms with Gasteiger partial charge in [-0.1, -0.05) is 112 Å². The summed E-state index contributed by atoms with van der Waals surface area (Å²) >= 11 is 0. The SMILES string of the molecule is C=C.C=CC/C(=C(C=C)\C(CC)=C(\C(C)(C)C)C(C)(C)C=C)C(C)(C)C.CC. The molecule has 0 saturated carbocycles. The first-order valence-corrected chi connectivity index (χ1v) is 10.6. The maximum absolute atomic E-state index is 4.17. The van der Waals surface area contributed by atoms with Crippen molar-refractivity contribution in [1.82, 2.24) is 0 Å². The van der Waals surface area contributed by atoms with Crippen molar-refractivity contribution >= 4 is 0 Å². The zero-order valence-corrected chi connectivity index (χ0v) is 21.2. The van der Waals surface area contributed by atoms with Crippen LogP contribution in [-0.2, 0) is 0 Å². The first kappa shape index (κ1) is 31.1. The summed E-state index contributed by atoms with van der Waals surface area (Å²) in [5.74, 6) is 0. The number of hydrogen-bond acceptors (Lipinski definition) is 0. The predicted molar refractivity (Wildman–Crippen MR) is 135 cm³/mol. The standard InChI is InChI=1S/C24H40.C2H6.C2H4/c1-13-17-20(22(5,6)7)18(14-2)19(15-3)21(23(8,9)10)24(11,12)16-4;2*1-2/h13-14,16H,1-2,4,15,17H2,3,5-12H3;1-2H3;1-2H2/b20-18+,21-19-;;. The molecule has 162 valence electrons. The van der Waals surface area contributed by atoms with Gasteiger partial charge < -0.3 is 0 Å². The van der Waals surface area contributed by atoms with Gasteiger partial charge in [0.05, 0.1) is 0 Å². The normalized spacial score (nSPS) is 13.5. The van der Waals surface area contributed by atoms with E-state index in [9.17, 15) is 0 Å². The average Bonchev–Trinajstić information content (AvgIpc) is 2.61. The molecule has 0 heterocycles. The Kier molecular flexibility index (Phi) is 15.1. The van der Waals surface area contributed by atoms with Gasteiger partial charge in [0.2, 0.25) is 0 Å². The van der Waals surface area contributed by atoms with Crippen molar-refractivity contribution < 1.29 is 0 Å². The topological polar surface area (TPSA) is 0 Å². The van der Waals surface area contributed by atoms with E-state index in [4.69, 9.17) is 0 Å². The van der Waals surface area contributed by atoms with Crippen LogP contribution in [0.3, 0.4) is 0 Å². The maximum Gasteiger partial charge on any atom is 0.00428 e. The van der Waals surface area contributed by atoms with Crippen LogP contribution in [0.1, 0.15) is 89.0 Å². The second-order valence-corrected chi connectivity index (χ2v) is 9.22. The fraction of sp³-hybridized carbons (Fsp3) is 0.571. The van der Waals surface area contributed by atoms with Crippen LogP contribution >= 0.6 is 0 Å². The minimum atomic E-state index is -0.0605. The fourth-order valence-corrected chi connectivity index (χ4v) is 3.81. The van der Waals surface area contributed by atoms with Crippen LogP contribution in [0.4, 0.5) is 0 Å². The molecule has 0 unspecified atom stereocenters. The minimum Gasteiger partial charge on any atom is -0.106 e. The van der Waals surface area contributed by atoms with Crippen molar-refractivity contribution in [2.45, 2.75) is 89.0 Å². The largest absolute Gasteiger partial charge is 0.106 e. The van der Waals surface area contributed by atoms with Crippen LogP contribution in [0, 0.1) is 16.2 Å². The summed E-state index contributed by atoms with van der Waals surface area (Å²) in [6.45, 7) is 42.8. The molecule has 0 amide bonds. The molecular weight excluding hydrogens is 336 g/mol. The molecule has 28 heavy (non-hydrogen) atoms. The Morgan fingerprint density at radius 2 is 1.21 bits per heavy atom. The first-order chi connectivity index (χ1) is 12.8. The Morgan fingerprint density at radius 3 is 1.43 bits per heavy atom. The zero-order valence-electron chi connectivity index (χ0n) is 21.2. The van der Waals surface area contributed by atoms with Crippen molar-refractivity contribution in [2.75, 3.05) is 0 Å². The van der Waals surface area contributed by atoms with Gasteiger partial charge in [0.25, 0.3) is 0 Å². The van der Waals surface area contributed by atoms with Crippen LogP contribution in [0.2, 0.25) is 0 Å². The molecule has 0 aliphatic rings. The van der Waals surface area contributed by atoms with Gasteiger partial charge in [-0.15, -0.1) is 26.3 Å². The molecule has 0 saturated heterocycles. The van der Waals surface area contributed by atoms with Crippen LogP contribution < -0.4 is 0 Å². The Morgan fingerprint density at radius 1 is 0.786 bits per heavy atom. The van der Waals surface area contributed by atoms with E-state index in [1.54, 1.807) is 0 Å². The lowest BCUT2D eigenvalue weighted by Gasteiger charge is -2.39. The predicted octanol–water partition coefficient (Wildman–Crippen LogP) is 9.88. The van der Waals surface area contributed by atoms with Gasteiger partial charge in [0.1, 0.15) is 0 Å². The highest BCUT2D eigenvalue weighted by atomic mass is 14.4. The summed E-state index contributed by atoms with van der Waals surface area (Å²) < 4.78 is 0. The van der Waals surface area contributed by atoms with Crippen molar-refractivity contribution in [3.63, 3.8) is 0 Å². The first-order valence-electron chi connectivity index (χ1n) is 10.6. The van der Waals surface area contributed by atoms with Crippen molar-refractivity contribution in [1.29, 1.82) is 0 Å². The molecule has 0 atom stereocenters. The van der Waals surface area contributed by atoms with Gasteiger partial charge in [-0.05, 0) is 34.8 Å². The molecule has 0 fully saturated rings. The van der Waals surface area contributed by atoms with E-state index in [0.29, 0.717) is 0 Å². The van der Waals surface area contributed by atoms with E-state index in [-0.39, 0.29) is 16.2 Å². The summed E-state index contributed by atoms with van der Waals surface area (Å²) in [4.78, 5) is 0. The zero-order chi connectivity index (χ0) is 23.3. The van der Waals surface area contributed by atoms with Crippen LogP contribution in [0.15, 0.2) is 73.4 Å². The maximum atomic E-state index is 4.17. The summed E-state index contributed by atoms with van der Waals surface area (Å²) in [6, 6.07) is 0. The quantitative estimate of drug-likeness (QED) is 0.301. The van der Waals surface area contributed by atoms with E-state index < -0.39 is 0 Å². The van der Waals surface area contributed by atoms with Crippen LogP contribution in [0.5, 0.6) is 0 Å². The van der Waals surface area contributed by atoms with Gasteiger partial charge in [-0.3, -0.25) is 0 Å². The minimum absolute atomic E-state index is 0.0605. The third kappa shape index (κ3) is 9.09. The van der Waals surface area contributed by atoms with Crippen LogP contribution in [0.25, 0.3) is 0 Å². The smallest absolute Gasteiger partial charge is 0.00428 e. The van der Waals surface area contributed by atoms with E-state index in [1.165, 1.54) is 22.3 Å². The van der Waals surface area contributed by atoms with Crippen molar-refractivity contribution in [3.8, 4) is 0 Å². The summed E-state index contributed by atoms with van der Waals surface area (Å²) in [5, 5.41) is 0. The Labute approximate surface area is 178 Å². The lowest BCUT2D eigenvalue weighted by Crippen LogP contribution is -2.26. The Balaban J connectivity index is -0.00000146. The van der Waals surface area contributed by atoms with E-state index in [0.717, 1.165) is 12.8 Å². The van der Waals surface area contributed by atoms with Gasteiger partial charge in [0, 0.05) is 5.41 Å². The molecule has 0 heteroatoms. The lowest BCUT2D eigenvalue weighted by molar-refractivity contribution is 0.387. The molecule has 0 aromatic rings. The Hall–Kier alpha value is -1.56. The average molecular weight is 387 g/mol. The molecule has 0 radical (unpaired) electrons. The molecule has 0 aromatic heterocycles. The molecule has 0 aliphatic carbocycles. The third-order valence-electron chi connectivity index (χ3n) is 4.67. The summed E-state index contributed by atoms with van der Waals surface area (Å²) in [6.07, 6.45) is 8.01. The fourth-order valence-electron chi connectivity index (χ4n) is 3.81. The molecule has 0 aliphatic heterocycles.